The van der Waals surface area contributed by atoms with Crippen molar-refractivity contribution in [2.45, 2.75) is 24.7 Å². The molecule has 0 saturated carbocycles. The van der Waals surface area contributed by atoms with Crippen LogP contribution in [0.25, 0.3) is 11.3 Å². The smallest absolute Gasteiger partial charge is 0.236 e. The van der Waals surface area contributed by atoms with E-state index >= 15 is 0 Å². The van der Waals surface area contributed by atoms with Gasteiger partial charge in [-0.15, -0.1) is 28.1 Å². The third-order valence-electron chi connectivity index (χ3n) is 4.70. The van der Waals surface area contributed by atoms with E-state index in [9.17, 15) is 9.18 Å². The first-order valence-electron chi connectivity index (χ1n) is 10.4. The molecule has 0 aliphatic carbocycles. The van der Waals surface area contributed by atoms with E-state index in [2.05, 4.69) is 27.1 Å². The van der Waals surface area contributed by atoms with Crippen molar-refractivity contribution in [2.75, 3.05) is 11.1 Å². The normalized spacial score (nSPS) is 11.7. The van der Waals surface area contributed by atoms with E-state index in [1.54, 1.807) is 18.2 Å². The highest BCUT2D eigenvalue weighted by atomic mass is 32.2. The van der Waals surface area contributed by atoms with E-state index in [4.69, 9.17) is 4.74 Å². The molecule has 0 saturated heterocycles. The number of ether oxygens (including phenoxy) is 1. The molecule has 174 valence electrons. The third-order valence-corrected chi connectivity index (χ3v) is 6.42. The summed E-state index contributed by atoms with van der Waals surface area (Å²) in [5, 5.41) is 14.3. The number of nitrogens with zero attached hydrogens (tertiary/aromatic N) is 4. The molecule has 0 aliphatic heterocycles. The first-order chi connectivity index (χ1) is 16.5. The summed E-state index contributed by atoms with van der Waals surface area (Å²) in [7, 11) is 0. The first-order valence-corrected chi connectivity index (χ1v) is 12.3. The van der Waals surface area contributed by atoms with Crippen LogP contribution in [-0.4, -0.2) is 31.4 Å². The van der Waals surface area contributed by atoms with Crippen molar-refractivity contribution < 1.29 is 13.9 Å². The van der Waals surface area contributed by atoms with Gasteiger partial charge in [-0.05, 0) is 31.2 Å². The molecule has 1 unspecified atom stereocenters. The molecule has 7 nitrogen and oxygen atoms in total. The van der Waals surface area contributed by atoms with Crippen LogP contribution in [0.15, 0.2) is 77.8 Å². The number of anilines is 1. The SMILES string of the molecule is C=CCn1c(SCC(=O)Nc2nc(-c3ccccc3)cs2)nnc1C(C)Oc1ccc(F)cc1. The Hall–Kier alpha value is -3.50. The number of thiazole rings is 1. The number of hydrogen-bond acceptors (Lipinski definition) is 7. The van der Waals surface area contributed by atoms with Crippen LogP contribution in [0.4, 0.5) is 9.52 Å². The molecule has 0 bridgehead atoms. The molecular formula is C24H22FN5O2S2. The van der Waals surface area contributed by atoms with Gasteiger partial charge in [0.15, 0.2) is 22.2 Å². The van der Waals surface area contributed by atoms with E-state index in [-0.39, 0.29) is 17.5 Å². The third kappa shape index (κ3) is 5.89. The maximum absolute atomic E-state index is 13.1. The molecule has 4 aromatic rings. The first kappa shape index (κ1) is 23.7. The predicted molar refractivity (Wildman–Crippen MR) is 133 cm³/mol. The molecule has 2 aromatic heterocycles. The van der Waals surface area contributed by atoms with Gasteiger partial charge in [0.1, 0.15) is 11.6 Å². The number of amides is 1. The lowest BCUT2D eigenvalue weighted by Crippen LogP contribution is -2.15. The number of halogens is 1. The lowest BCUT2D eigenvalue weighted by molar-refractivity contribution is -0.113. The van der Waals surface area contributed by atoms with Crippen molar-refractivity contribution in [1.82, 2.24) is 19.7 Å². The summed E-state index contributed by atoms with van der Waals surface area (Å²) in [6.07, 6.45) is 1.29. The van der Waals surface area contributed by atoms with Crippen molar-refractivity contribution in [3.8, 4) is 17.0 Å². The minimum absolute atomic E-state index is 0.142. The minimum atomic E-state index is -0.437. The molecule has 0 fully saturated rings. The van der Waals surface area contributed by atoms with Crippen molar-refractivity contribution >= 4 is 34.1 Å². The molecule has 2 heterocycles. The Labute approximate surface area is 204 Å². The van der Waals surface area contributed by atoms with Gasteiger partial charge >= 0.3 is 0 Å². The van der Waals surface area contributed by atoms with E-state index in [0.29, 0.717) is 28.4 Å². The van der Waals surface area contributed by atoms with Gasteiger partial charge in [0.25, 0.3) is 0 Å². The van der Waals surface area contributed by atoms with E-state index < -0.39 is 6.10 Å². The highest BCUT2D eigenvalue weighted by Crippen LogP contribution is 2.27. The molecule has 10 heteroatoms. The number of hydrogen-bond donors (Lipinski definition) is 1. The summed E-state index contributed by atoms with van der Waals surface area (Å²) in [5.41, 5.74) is 1.81. The molecule has 0 aliphatic rings. The molecule has 1 N–H and O–H groups in total. The molecule has 1 amide bonds. The van der Waals surface area contributed by atoms with Gasteiger partial charge in [-0.2, -0.15) is 0 Å². The van der Waals surface area contributed by atoms with Gasteiger partial charge in [-0.1, -0.05) is 48.2 Å². The van der Waals surface area contributed by atoms with Crippen LogP contribution in [0, 0.1) is 5.82 Å². The van der Waals surface area contributed by atoms with E-state index in [0.717, 1.165) is 11.3 Å². The van der Waals surface area contributed by atoms with Gasteiger partial charge in [0.2, 0.25) is 5.91 Å². The minimum Gasteiger partial charge on any atom is -0.483 e. The second kappa shape index (κ2) is 11.1. The summed E-state index contributed by atoms with van der Waals surface area (Å²) < 4.78 is 20.9. The number of rotatable bonds is 10. The molecule has 34 heavy (non-hydrogen) atoms. The molecule has 0 radical (unpaired) electrons. The molecule has 0 spiro atoms. The van der Waals surface area contributed by atoms with Crippen LogP contribution in [0.1, 0.15) is 18.9 Å². The number of thioether (sulfide) groups is 1. The van der Waals surface area contributed by atoms with Crippen LogP contribution < -0.4 is 10.1 Å². The van der Waals surface area contributed by atoms with E-state index in [1.807, 2.05) is 47.2 Å². The van der Waals surface area contributed by atoms with Crippen molar-refractivity contribution in [2.24, 2.45) is 0 Å². The van der Waals surface area contributed by atoms with Crippen molar-refractivity contribution in [1.29, 1.82) is 0 Å². The summed E-state index contributed by atoms with van der Waals surface area (Å²) in [5.74, 6) is 0.724. The number of carbonyl (C=O) groups excluding carboxylic acids is 1. The number of benzene rings is 2. The average molecular weight is 496 g/mol. The number of nitrogens with one attached hydrogen (secondary N) is 1. The largest absolute Gasteiger partial charge is 0.483 e. The molecule has 4 rings (SSSR count). The van der Waals surface area contributed by atoms with Crippen LogP contribution in [-0.2, 0) is 11.3 Å². The number of carbonyl (C=O) groups is 1. The lowest BCUT2D eigenvalue weighted by atomic mass is 10.2. The number of aromatic nitrogens is 4. The molecule has 1 atom stereocenters. The van der Waals surface area contributed by atoms with Crippen LogP contribution in [0.5, 0.6) is 5.75 Å². The standard InChI is InChI=1S/C24H22FN5O2S2/c1-3-13-30-22(16(2)32-19-11-9-18(25)10-12-19)28-29-24(30)34-15-21(31)27-23-26-20(14-33-23)17-7-5-4-6-8-17/h3-12,14,16H,1,13,15H2,2H3,(H,26,27,31). The van der Waals surface area contributed by atoms with Crippen molar-refractivity contribution in [3.63, 3.8) is 0 Å². The van der Waals surface area contributed by atoms with Gasteiger partial charge in [0.05, 0.1) is 11.4 Å². The highest BCUT2D eigenvalue weighted by Gasteiger charge is 2.20. The van der Waals surface area contributed by atoms with Crippen molar-refractivity contribution in [3.05, 3.63) is 84.3 Å². The van der Waals surface area contributed by atoms with Gasteiger partial charge < -0.3 is 10.1 Å². The van der Waals surface area contributed by atoms with Gasteiger partial charge in [-0.25, -0.2) is 9.37 Å². The zero-order valence-corrected chi connectivity index (χ0v) is 20.0. The Morgan fingerprint density at radius 2 is 2.00 bits per heavy atom. The van der Waals surface area contributed by atoms with E-state index in [1.165, 1.54) is 35.2 Å². The highest BCUT2D eigenvalue weighted by molar-refractivity contribution is 7.99. The zero-order chi connectivity index (χ0) is 23.9. The second-order valence-electron chi connectivity index (χ2n) is 7.19. The maximum Gasteiger partial charge on any atom is 0.236 e. The fourth-order valence-corrected chi connectivity index (χ4v) is 4.63. The van der Waals surface area contributed by atoms with Gasteiger partial charge in [-0.3, -0.25) is 9.36 Å². The fraction of sp³-hybridized carbons (Fsp3) is 0.167. The Kier molecular flexibility index (Phi) is 7.71. The van der Waals surface area contributed by atoms with Crippen LogP contribution >= 0.6 is 23.1 Å². The maximum atomic E-state index is 13.1. The average Bonchev–Trinajstić information content (AvgIpc) is 3.47. The predicted octanol–water partition coefficient (Wildman–Crippen LogP) is 5.60. The summed E-state index contributed by atoms with van der Waals surface area (Å²) >= 11 is 2.64. The Balaban J connectivity index is 1.38. The topological polar surface area (TPSA) is 81.9 Å². The molecule has 2 aromatic carbocycles. The summed E-state index contributed by atoms with van der Waals surface area (Å²) in [6, 6.07) is 15.6. The fourth-order valence-electron chi connectivity index (χ4n) is 3.14. The Morgan fingerprint density at radius 3 is 2.74 bits per heavy atom. The summed E-state index contributed by atoms with van der Waals surface area (Å²) in [6.45, 7) is 6.08. The van der Waals surface area contributed by atoms with Gasteiger partial charge in [0, 0.05) is 17.5 Å². The van der Waals surface area contributed by atoms with Crippen LogP contribution in [0.3, 0.4) is 0 Å². The molecular weight excluding hydrogens is 473 g/mol. The second-order valence-corrected chi connectivity index (χ2v) is 9.00. The van der Waals surface area contributed by atoms with Crippen LogP contribution in [0.2, 0.25) is 0 Å². The lowest BCUT2D eigenvalue weighted by Gasteiger charge is -2.15. The zero-order valence-electron chi connectivity index (χ0n) is 18.3. The Bertz CT molecular complexity index is 1260. The number of allylic oxidation sites excluding steroid dienone is 1. The summed E-state index contributed by atoms with van der Waals surface area (Å²) in [4.78, 5) is 17.0. The Morgan fingerprint density at radius 1 is 1.24 bits per heavy atom. The quantitative estimate of drug-likeness (QED) is 0.228. The monoisotopic (exact) mass is 495 g/mol.